The Morgan fingerprint density at radius 2 is 1.75 bits per heavy atom. The molecule has 2 N–H and O–H groups in total. The van der Waals surface area contributed by atoms with Crippen LogP contribution in [0.3, 0.4) is 0 Å². The van der Waals surface area contributed by atoms with Crippen LogP contribution in [0.2, 0.25) is 0 Å². The number of benzene rings is 1. The Balaban J connectivity index is 2.57. The topological polar surface area (TPSA) is 66.4 Å². The molecule has 1 rings (SSSR count). The number of carboxylic acid groups (broad SMARTS) is 1. The summed E-state index contributed by atoms with van der Waals surface area (Å²) in [7, 11) is 0. The number of nitrogens with one attached hydrogen (secondary N) is 1. The highest BCUT2D eigenvalue weighted by Gasteiger charge is 2.25. The van der Waals surface area contributed by atoms with Gasteiger partial charge in [0, 0.05) is 6.42 Å². The molecule has 0 radical (unpaired) electrons. The van der Waals surface area contributed by atoms with E-state index < -0.39 is 11.4 Å². The number of rotatable bonds is 6. The Bertz CT molecular complexity index is 477. The first-order valence-corrected chi connectivity index (χ1v) is 6.77. The van der Waals surface area contributed by atoms with Gasteiger partial charge < -0.3 is 10.4 Å². The maximum absolute atomic E-state index is 12.0. The minimum atomic E-state index is -0.880. The van der Waals surface area contributed by atoms with Gasteiger partial charge in [-0.25, -0.2) is 0 Å². The lowest BCUT2D eigenvalue weighted by Gasteiger charge is -2.23. The third-order valence-electron chi connectivity index (χ3n) is 3.22. The molecular formula is C16H23NO3. The third-order valence-corrected chi connectivity index (χ3v) is 3.22. The van der Waals surface area contributed by atoms with Crippen LogP contribution in [0.5, 0.6) is 0 Å². The molecule has 0 unspecified atom stereocenters. The van der Waals surface area contributed by atoms with Crippen molar-refractivity contribution in [3.05, 3.63) is 35.4 Å². The van der Waals surface area contributed by atoms with E-state index in [4.69, 9.17) is 5.11 Å². The molecule has 4 heteroatoms. The predicted molar refractivity (Wildman–Crippen MR) is 78.4 cm³/mol. The van der Waals surface area contributed by atoms with E-state index in [1.54, 1.807) is 13.8 Å². The first-order valence-electron chi connectivity index (χ1n) is 6.77. The zero-order valence-corrected chi connectivity index (χ0v) is 12.6. The second-order valence-electron chi connectivity index (χ2n) is 6.11. The van der Waals surface area contributed by atoms with Crippen LogP contribution in [0.4, 0.5) is 0 Å². The van der Waals surface area contributed by atoms with E-state index in [0.29, 0.717) is 0 Å². The van der Waals surface area contributed by atoms with E-state index in [-0.39, 0.29) is 24.8 Å². The predicted octanol–water partition coefficient (Wildman–Crippen LogP) is 3.06. The van der Waals surface area contributed by atoms with Crippen LogP contribution in [0, 0.1) is 12.3 Å². The summed E-state index contributed by atoms with van der Waals surface area (Å²) < 4.78 is 0. The monoisotopic (exact) mass is 277 g/mol. The Labute approximate surface area is 120 Å². The van der Waals surface area contributed by atoms with Gasteiger partial charge in [-0.2, -0.15) is 0 Å². The smallest absolute Gasteiger partial charge is 0.303 e. The van der Waals surface area contributed by atoms with Crippen molar-refractivity contribution < 1.29 is 14.7 Å². The van der Waals surface area contributed by atoms with Crippen molar-refractivity contribution in [3.8, 4) is 0 Å². The van der Waals surface area contributed by atoms with E-state index in [9.17, 15) is 9.59 Å². The normalized spacial score (nSPS) is 12.8. The van der Waals surface area contributed by atoms with Crippen LogP contribution in [0.1, 0.15) is 50.8 Å². The molecule has 0 aliphatic rings. The van der Waals surface area contributed by atoms with Gasteiger partial charge in [-0.3, -0.25) is 9.59 Å². The second-order valence-corrected chi connectivity index (χ2v) is 6.11. The molecule has 0 saturated heterocycles. The Morgan fingerprint density at radius 3 is 2.25 bits per heavy atom. The molecule has 0 spiro atoms. The van der Waals surface area contributed by atoms with E-state index in [1.807, 2.05) is 38.1 Å². The van der Waals surface area contributed by atoms with Crippen LogP contribution in [0.15, 0.2) is 24.3 Å². The minimum Gasteiger partial charge on any atom is -0.481 e. The second kappa shape index (κ2) is 6.55. The van der Waals surface area contributed by atoms with Crippen LogP contribution < -0.4 is 5.32 Å². The van der Waals surface area contributed by atoms with Gasteiger partial charge >= 0.3 is 5.97 Å². The van der Waals surface area contributed by atoms with Crippen LogP contribution >= 0.6 is 0 Å². The van der Waals surface area contributed by atoms with Crippen molar-refractivity contribution >= 4 is 11.9 Å². The number of aryl methyl sites for hydroxylation is 1. The van der Waals surface area contributed by atoms with Crippen molar-refractivity contribution in [3.63, 3.8) is 0 Å². The van der Waals surface area contributed by atoms with E-state index in [0.717, 1.165) is 5.56 Å². The summed E-state index contributed by atoms with van der Waals surface area (Å²) in [6.45, 7) is 7.52. The van der Waals surface area contributed by atoms with Crippen LogP contribution in [-0.2, 0) is 9.59 Å². The number of hydrogen-bond donors (Lipinski definition) is 2. The molecule has 4 nitrogen and oxygen atoms in total. The van der Waals surface area contributed by atoms with Crippen molar-refractivity contribution in [1.29, 1.82) is 0 Å². The molecule has 1 aromatic carbocycles. The van der Waals surface area contributed by atoms with Gasteiger partial charge in [-0.1, -0.05) is 43.7 Å². The Hall–Kier alpha value is -1.84. The molecule has 0 fully saturated rings. The van der Waals surface area contributed by atoms with Gasteiger partial charge in [0.15, 0.2) is 0 Å². The SMILES string of the molecule is Cc1ccc([C@H](C)NC(=O)CC(C)(C)CC(=O)O)cc1. The number of carbonyl (C=O) groups is 2. The number of carboxylic acids is 1. The maximum atomic E-state index is 12.0. The van der Waals surface area contributed by atoms with Crippen molar-refractivity contribution in [2.45, 2.75) is 46.6 Å². The molecule has 1 aromatic rings. The van der Waals surface area contributed by atoms with Gasteiger partial charge in [-0.05, 0) is 24.8 Å². The Morgan fingerprint density at radius 1 is 1.20 bits per heavy atom. The van der Waals surface area contributed by atoms with Gasteiger partial charge in [0.1, 0.15) is 0 Å². The number of amides is 1. The summed E-state index contributed by atoms with van der Waals surface area (Å²) in [5.74, 6) is -1.00. The summed E-state index contributed by atoms with van der Waals surface area (Å²) in [5, 5.41) is 11.7. The van der Waals surface area contributed by atoms with Crippen molar-refractivity contribution in [2.75, 3.05) is 0 Å². The number of hydrogen-bond acceptors (Lipinski definition) is 2. The van der Waals surface area contributed by atoms with E-state index >= 15 is 0 Å². The summed E-state index contributed by atoms with van der Waals surface area (Å²) in [6.07, 6.45) is 0.189. The van der Waals surface area contributed by atoms with Gasteiger partial charge in [0.05, 0.1) is 12.5 Å². The van der Waals surface area contributed by atoms with Crippen molar-refractivity contribution in [2.24, 2.45) is 5.41 Å². The molecule has 20 heavy (non-hydrogen) atoms. The molecule has 0 heterocycles. The molecule has 1 atom stereocenters. The highest BCUT2D eigenvalue weighted by atomic mass is 16.4. The quantitative estimate of drug-likeness (QED) is 0.839. The molecule has 0 aliphatic heterocycles. The lowest BCUT2D eigenvalue weighted by atomic mass is 9.85. The number of carbonyl (C=O) groups excluding carboxylic acids is 1. The van der Waals surface area contributed by atoms with E-state index in [1.165, 1.54) is 5.56 Å². The van der Waals surface area contributed by atoms with Crippen LogP contribution in [0.25, 0.3) is 0 Å². The lowest BCUT2D eigenvalue weighted by Crippen LogP contribution is -2.31. The zero-order chi connectivity index (χ0) is 15.3. The molecular weight excluding hydrogens is 254 g/mol. The molecule has 0 aromatic heterocycles. The molecule has 0 bridgehead atoms. The zero-order valence-electron chi connectivity index (χ0n) is 12.6. The summed E-state index contributed by atoms with van der Waals surface area (Å²) in [5.41, 5.74) is 1.68. The largest absolute Gasteiger partial charge is 0.481 e. The van der Waals surface area contributed by atoms with Crippen molar-refractivity contribution in [1.82, 2.24) is 5.32 Å². The summed E-state index contributed by atoms with van der Waals surface area (Å²) in [6, 6.07) is 7.91. The summed E-state index contributed by atoms with van der Waals surface area (Å²) in [4.78, 5) is 22.7. The number of aliphatic carboxylic acids is 1. The fraction of sp³-hybridized carbons (Fsp3) is 0.500. The maximum Gasteiger partial charge on any atom is 0.303 e. The van der Waals surface area contributed by atoms with Gasteiger partial charge in [-0.15, -0.1) is 0 Å². The molecule has 0 aliphatic carbocycles. The average Bonchev–Trinajstić information content (AvgIpc) is 2.26. The summed E-state index contributed by atoms with van der Waals surface area (Å²) >= 11 is 0. The first kappa shape index (κ1) is 16.2. The first-order chi connectivity index (χ1) is 9.19. The highest BCUT2D eigenvalue weighted by Crippen LogP contribution is 2.25. The fourth-order valence-electron chi connectivity index (χ4n) is 2.14. The Kier molecular flexibility index (Phi) is 5.31. The third kappa shape index (κ3) is 5.43. The minimum absolute atomic E-state index is 0.0146. The molecule has 110 valence electrons. The van der Waals surface area contributed by atoms with Crippen LogP contribution in [-0.4, -0.2) is 17.0 Å². The van der Waals surface area contributed by atoms with Gasteiger partial charge in [0.2, 0.25) is 5.91 Å². The highest BCUT2D eigenvalue weighted by molar-refractivity contribution is 5.78. The fourth-order valence-corrected chi connectivity index (χ4v) is 2.14. The van der Waals surface area contributed by atoms with E-state index in [2.05, 4.69) is 5.32 Å². The molecule has 1 amide bonds. The van der Waals surface area contributed by atoms with Gasteiger partial charge in [0.25, 0.3) is 0 Å². The average molecular weight is 277 g/mol. The lowest BCUT2D eigenvalue weighted by molar-refractivity contribution is -0.139. The molecule has 0 saturated carbocycles. The standard InChI is InChI=1S/C16H23NO3/c1-11-5-7-13(8-6-11)12(2)17-14(18)9-16(3,4)10-15(19)20/h5-8,12H,9-10H2,1-4H3,(H,17,18)(H,19,20)/t12-/m0/s1.